The summed E-state index contributed by atoms with van der Waals surface area (Å²) in [6, 6.07) is 8.19. The van der Waals surface area contributed by atoms with E-state index in [0.717, 1.165) is 42.4 Å². The molecular formula is C13H18BrNO. The lowest BCUT2D eigenvalue weighted by Gasteiger charge is -2.26. The smallest absolute Gasteiger partial charge is 0.0540 e. The number of aliphatic hydroxyl groups excluding tert-OH is 1. The Morgan fingerprint density at radius 2 is 1.88 bits per heavy atom. The average Bonchev–Trinajstić information content (AvgIpc) is 2.30. The average molecular weight is 284 g/mol. The predicted molar refractivity (Wildman–Crippen MR) is 70.6 cm³/mol. The summed E-state index contributed by atoms with van der Waals surface area (Å²) in [6.07, 6.45) is 4.14. The first-order valence-corrected chi connectivity index (χ1v) is 6.71. The molecule has 1 aromatic carbocycles. The van der Waals surface area contributed by atoms with E-state index in [9.17, 15) is 5.11 Å². The van der Waals surface area contributed by atoms with Crippen molar-refractivity contribution in [2.75, 3.05) is 11.9 Å². The maximum atomic E-state index is 9.43. The van der Waals surface area contributed by atoms with Gasteiger partial charge in [-0.15, -0.1) is 0 Å². The molecule has 1 aliphatic carbocycles. The van der Waals surface area contributed by atoms with Gasteiger partial charge in [-0.2, -0.15) is 0 Å². The number of para-hydroxylation sites is 1. The molecule has 88 valence electrons. The second-order valence-corrected chi connectivity index (χ2v) is 5.39. The number of hydrogen-bond donors (Lipinski definition) is 2. The van der Waals surface area contributed by atoms with Gasteiger partial charge in [0.2, 0.25) is 0 Å². The fourth-order valence-electron chi connectivity index (χ4n) is 2.21. The molecule has 1 aromatic rings. The topological polar surface area (TPSA) is 32.3 Å². The first-order valence-electron chi connectivity index (χ1n) is 5.92. The van der Waals surface area contributed by atoms with Gasteiger partial charge in [0, 0.05) is 16.7 Å². The van der Waals surface area contributed by atoms with E-state index in [-0.39, 0.29) is 6.10 Å². The second kappa shape index (κ2) is 5.69. The van der Waals surface area contributed by atoms with Crippen LogP contribution in [0.4, 0.5) is 5.69 Å². The fourth-order valence-corrected chi connectivity index (χ4v) is 2.63. The van der Waals surface area contributed by atoms with Crippen molar-refractivity contribution >= 4 is 21.6 Å². The molecule has 1 aliphatic rings. The maximum absolute atomic E-state index is 9.43. The van der Waals surface area contributed by atoms with Crippen molar-refractivity contribution < 1.29 is 5.11 Å². The first-order chi connectivity index (χ1) is 7.75. The van der Waals surface area contributed by atoms with Crippen molar-refractivity contribution in [2.24, 2.45) is 5.92 Å². The van der Waals surface area contributed by atoms with E-state index in [1.54, 1.807) is 0 Å². The summed E-state index contributed by atoms with van der Waals surface area (Å²) in [4.78, 5) is 0. The zero-order valence-corrected chi connectivity index (χ0v) is 10.9. The molecule has 2 nitrogen and oxygen atoms in total. The molecule has 0 atom stereocenters. The van der Waals surface area contributed by atoms with Gasteiger partial charge in [-0.1, -0.05) is 12.1 Å². The van der Waals surface area contributed by atoms with Crippen molar-refractivity contribution in [1.82, 2.24) is 0 Å². The van der Waals surface area contributed by atoms with Gasteiger partial charge in [0.15, 0.2) is 0 Å². The highest BCUT2D eigenvalue weighted by Crippen LogP contribution is 2.26. The van der Waals surface area contributed by atoms with Crippen LogP contribution in [0.1, 0.15) is 25.7 Å². The first kappa shape index (κ1) is 11.9. The molecule has 0 bridgehead atoms. The fraction of sp³-hybridized carbons (Fsp3) is 0.538. The molecule has 1 fully saturated rings. The second-order valence-electron chi connectivity index (χ2n) is 4.54. The van der Waals surface area contributed by atoms with Crippen LogP contribution in [0.2, 0.25) is 0 Å². The zero-order valence-electron chi connectivity index (χ0n) is 9.32. The van der Waals surface area contributed by atoms with Crippen molar-refractivity contribution in [2.45, 2.75) is 31.8 Å². The van der Waals surface area contributed by atoms with E-state index in [4.69, 9.17) is 0 Å². The van der Waals surface area contributed by atoms with Gasteiger partial charge >= 0.3 is 0 Å². The van der Waals surface area contributed by atoms with Gasteiger partial charge in [-0.25, -0.2) is 0 Å². The van der Waals surface area contributed by atoms with E-state index in [0.29, 0.717) is 5.92 Å². The Hall–Kier alpha value is -0.540. The Morgan fingerprint density at radius 1 is 1.19 bits per heavy atom. The van der Waals surface area contributed by atoms with E-state index in [2.05, 4.69) is 27.3 Å². The van der Waals surface area contributed by atoms with Gasteiger partial charge in [-0.3, -0.25) is 0 Å². The van der Waals surface area contributed by atoms with Crippen molar-refractivity contribution in [1.29, 1.82) is 0 Å². The lowest BCUT2D eigenvalue weighted by molar-refractivity contribution is 0.111. The Labute approximate surface area is 105 Å². The van der Waals surface area contributed by atoms with Crippen molar-refractivity contribution in [3.8, 4) is 0 Å². The monoisotopic (exact) mass is 283 g/mol. The summed E-state index contributed by atoms with van der Waals surface area (Å²) in [5.74, 6) is 0.704. The van der Waals surface area contributed by atoms with Crippen LogP contribution in [0, 0.1) is 5.92 Å². The number of nitrogens with one attached hydrogen (secondary N) is 1. The van der Waals surface area contributed by atoms with Crippen LogP contribution < -0.4 is 5.32 Å². The summed E-state index contributed by atoms with van der Waals surface area (Å²) >= 11 is 3.53. The van der Waals surface area contributed by atoms with Crippen LogP contribution in [0.3, 0.4) is 0 Å². The highest BCUT2D eigenvalue weighted by atomic mass is 79.9. The molecular weight excluding hydrogens is 266 g/mol. The summed E-state index contributed by atoms with van der Waals surface area (Å²) in [6.45, 7) is 1.01. The lowest BCUT2D eigenvalue weighted by Crippen LogP contribution is -2.23. The van der Waals surface area contributed by atoms with Gasteiger partial charge in [0.25, 0.3) is 0 Å². The Kier molecular flexibility index (Phi) is 4.24. The predicted octanol–water partition coefficient (Wildman–Crippen LogP) is 3.41. The van der Waals surface area contributed by atoms with E-state index < -0.39 is 0 Å². The molecule has 16 heavy (non-hydrogen) atoms. The van der Waals surface area contributed by atoms with E-state index in [1.807, 2.05) is 18.2 Å². The minimum absolute atomic E-state index is 0.0558. The molecule has 0 spiro atoms. The molecule has 0 aromatic heterocycles. The molecule has 1 saturated carbocycles. The molecule has 0 unspecified atom stereocenters. The van der Waals surface area contributed by atoms with Gasteiger partial charge in [-0.05, 0) is 59.7 Å². The SMILES string of the molecule is OC1CCC(CNc2ccccc2Br)CC1. The van der Waals surface area contributed by atoms with Crippen LogP contribution in [-0.2, 0) is 0 Å². The lowest BCUT2D eigenvalue weighted by atomic mass is 9.87. The van der Waals surface area contributed by atoms with Crippen LogP contribution in [0.25, 0.3) is 0 Å². The van der Waals surface area contributed by atoms with Crippen LogP contribution in [0.5, 0.6) is 0 Å². The van der Waals surface area contributed by atoms with Gasteiger partial charge in [0.1, 0.15) is 0 Å². The molecule has 2 N–H and O–H groups in total. The molecule has 3 heteroatoms. The molecule has 0 heterocycles. The molecule has 0 aliphatic heterocycles. The van der Waals surface area contributed by atoms with Crippen LogP contribution in [0.15, 0.2) is 28.7 Å². The summed E-state index contributed by atoms with van der Waals surface area (Å²) in [7, 11) is 0. The summed E-state index contributed by atoms with van der Waals surface area (Å²) in [5, 5.41) is 12.9. The molecule has 0 amide bonds. The number of rotatable bonds is 3. The quantitative estimate of drug-likeness (QED) is 0.891. The van der Waals surface area contributed by atoms with E-state index in [1.165, 1.54) is 0 Å². The van der Waals surface area contributed by atoms with Crippen LogP contribution in [-0.4, -0.2) is 17.8 Å². The zero-order chi connectivity index (χ0) is 11.4. The standard InChI is InChI=1S/C13H18BrNO/c14-12-3-1-2-4-13(12)15-9-10-5-7-11(16)8-6-10/h1-4,10-11,15-16H,5-9H2. The molecule has 0 radical (unpaired) electrons. The molecule has 0 saturated heterocycles. The van der Waals surface area contributed by atoms with Crippen LogP contribution >= 0.6 is 15.9 Å². The third kappa shape index (κ3) is 3.22. The van der Waals surface area contributed by atoms with Gasteiger partial charge < -0.3 is 10.4 Å². The molecule has 2 rings (SSSR count). The Bertz CT molecular complexity index is 334. The van der Waals surface area contributed by atoms with Gasteiger partial charge in [0.05, 0.1) is 6.10 Å². The normalized spacial score (nSPS) is 25.4. The summed E-state index contributed by atoms with van der Waals surface area (Å²) < 4.78 is 1.12. The third-order valence-corrected chi connectivity index (χ3v) is 3.96. The number of benzene rings is 1. The van der Waals surface area contributed by atoms with E-state index >= 15 is 0 Å². The highest BCUT2D eigenvalue weighted by Gasteiger charge is 2.18. The third-order valence-electron chi connectivity index (χ3n) is 3.27. The number of aliphatic hydroxyl groups is 1. The Balaban J connectivity index is 1.81. The summed E-state index contributed by atoms with van der Waals surface area (Å²) in [5.41, 5.74) is 1.16. The van der Waals surface area contributed by atoms with Crippen molar-refractivity contribution in [3.05, 3.63) is 28.7 Å². The minimum atomic E-state index is -0.0558. The number of halogens is 1. The maximum Gasteiger partial charge on any atom is 0.0540 e. The minimum Gasteiger partial charge on any atom is -0.393 e. The Morgan fingerprint density at radius 3 is 2.56 bits per heavy atom. The number of anilines is 1. The highest BCUT2D eigenvalue weighted by molar-refractivity contribution is 9.10. The number of hydrogen-bond acceptors (Lipinski definition) is 2. The largest absolute Gasteiger partial charge is 0.393 e. The van der Waals surface area contributed by atoms with Crippen molar-refractivity contribution in [3.63, 3.8) is 0 Å².